The summed E-state index contributed by atoms with van der Waals surface area (Å²) in [5.41, 5.74) is 2.03. The zero-order valence-electron chi connectivity index (χ0n) is 16.3. The highest BCUT2D eigenvalue weighted by Gasteiger charge is 2.24. The Kier molecular flexibility index (Phi) is 5.15. The minimum absolute atomic E-state index is 0.243. The molecule has 0 fully saturated rings. The molecule has 1 amide bonds. The molecule has 0 aliphatic rings. The van der Waals surface area contributed by atoms with E-state index in [1.807, 2.05) is 51.1 Å². The van der Waals surface area contributed by atoms with Crippen LogP contribution in [0.5, 0.6) is 0 Å². The van der Waals surface area contributed by atoms with E-state index in [1.54, 1.807) is 23.5 Å². The number of thiophene rings is 1. The zero-order valence-corrected chi connectivity index (χ0v) is 17.9. The van der Waals surface area contributed by atoms with E-state index >= 15 is 0 Å². The second kappa shape index (κ2) is 7.61. The van der Waals surface area contributed by atoms with Crippen LogP contribution in [0.4, 0.5) is 5.69 Å². The molecule has 2 aromatic heterocycles. The van der Waals surface area contributed by atoms with Crippen molar-refractivity contribution in [2.75, 3.05) is 5.32 Å². The van der Waals surface area contributed by atoms with Crippen molar-refractivity contribution < 1.29 is 4.79 Å². The maximum Gasteiger partial charge on any atom is 0.276 e. The number of aromatic nitrogens is 2. The predicted molar refractivity (Wildman–Crippen MR) is 120 cm³/mol. The molecule has 5 nitrogen and oxygen atoms in total. The van der Waals surface area contributed by atoms with Crippen LogP contribution >= 0.6 is 22.9 Å². The second-order valence-corrected chi connectivity index (χ2v) is 8.50. The number of nitrogens with one attached hydrogen (secondary N) is 1. The molecule has 2 heterocycles. The first-order valence-electron chi connectivity index (χ1n) is 9.38. The molecule has 4 rings (SSSR count). The summed E-state index contributed by atoms with van der Waals surface area (Å²) in [6.45, 7) is 5.64. The van der Waals surface area contributed by atoms with E-state index in [4.69, 9.17) is 11.6 Å². The number of halogens is 1. The van der Waals surface area contributed by atoms with Crippen LogP contribution < -0.4 is 10.9 Å². The number of hydrogen-bond acceptors (Lipinski definition) is 4. The van der Waals surface area contributed by atoms with Crippen molar-refractivity contribution >= 4 is 54.7 Å². The average molecular weight is 426 g/mol. The number of benzene rings is 2. The largest absolute Gasteiger partial charge is 0.324 e. The first kappa shape index (κ1) is 19.6. The fourth-order valence-corrected chi connectivity index (χ4v) is 4.81. The maximum absolute atomic E-state index is 13.3. The Bertz CT molecular complexity index is 1310. The van der Waals surface area contributed by atoms with Gasteiger partial charge in [0.2, 0.25) is 5.91 Å². The molecule has 7 heteroatoms. The van der Waals surface area contributed by atoms with Crippen LogP contribution in [0.3, 0.4) is 0 Å². The van der Waals surface area contributed by atoms with Crippen LogP contribution in [0.1, 0.15) is 30.6 Å². The molecule has 0 aliphatic carbocycles. The molecule has 1 atom stereocenters. The molecule has 148 valence electrons. The van der Waals surface area contributed by atoms with Crippen molar-refractivity contribution in [1.82, 2.24) is 9.78 Å². The molecule has 29 heavy (non-hydrogen) atoms. The Hall–Kier alpha value is -2.70. The van der Waals surface area contributed by atoms with E-state index in [0.29, 0.717) is 22.5 Å². The van der Waals surface area contributed by atoms with Gasteiger partial charge in [-0.15, -0.1) is 11.3 Å². The SMILES string of the molecule is CC[C@@H](C(=O)Nc1cc(Cl)ccc1C)n1nc(C)c2sc3ccccc3c2c1=O. The van der Waals surface area contributed by atoms with E-state index in [9.17, 15) is 9.59 Å². The van der Waals surface area contributed by atoms with Crippen LogP contribution in [-0.2, 0) is 4.79 Å². The topological polar surface area (TPSA) is 64.0 Å². The maximum atomic E-state index is 13.3. The highest BCUT2D eigenvalue weighted by Crippen LogP contribution is 2.33. The standard InChI is InChI=1S/C22H20ClN3O2S/c1-4-17(21(27)24-16-11-14(23)10-9-12(16)2)26-22(28)19-15-7-5-6-8-18(15)29-20(19)13(3)25-26/h5-11,17H,4H2,1-3H3,(H,24,27)/t17-/m0/s1. The van der Waals surface area contributed by atoms with Gasteiger partial charge in [-0.2, -0.15) is 5.10 Å². The lowest BCUT2D eigenvalue weighted by Gasteiger charge is -2.18. The van der Waals surface area contributed by atoms with Gasteiger partial charge in [0.1, 0.15) is 6.04 Å². The second-order valence-electron chi connectivity index (χ2n) is 7.01. The van der Waals surface area contributed by atoms with Gasteiger partial charge in [0.15, 0.2) is 0 Å². The lowest BCUT2D eigenvalue weighted by atomic mass is 10.1. The lowest BCUT2D eigenvalue weighted by molar-refractivity contribution is -0.119. The number of carbonyl (C=O) groups excluding carboxylic acids is 1. The third kappa shape index (κ3) is 3.43. The molecule has 0 saturated heterocycles. The molecule has 1 N–H and O–H groups in total. The van der Waals surface area contributed by atoms with Gasteiger partial charge >= 0.3 is 0 Å². The number of carbonyl (C=O) groups is 1. The number of anilines is 1. The van der Waals surface area contributed by atoms with Crippen LogP contribution in [0.25, 0.3) is 20.2 Å². The number of aryl methyl sites for hydroxylation is 2. The normalized spacial score (nSPS) is 12.4. The van der Waals surface area contributed by atoms with Crippen molar-refractivity contribution in [1.29, 1.82) is 0 Å². The van der Waals surface area contributed by atoms with Gasteiger partial charge in [0.25, 0.3) is 5.56 Å². The van der Waals surface area contributed by atoms with Gasteiger partial charge in [-0.25, -0.2) is 4.68 Å². The summed E-state index contributed by atoms with van der Waals surface area (Å²) >= 11 is 7.62. The number of nitrogens with zero attached hydrogens (tertiary/aromatic N) is 2. The van der Waals surface area contributed by atoms with Gasteiger partial charge in [0.05, 0.1) is 15.8 Å². The molecule has 0 spiro atoms. The number of fused-ring (bicyclic) bond motifs is 3. The highest BCUT2D eigenvalue weighted by atomic mass is 35.5. The fraction of sp³-hybridized carbons (Fsp3) is 0.227. The van der Waals surface area contributed by atoms with E-state index in [1.165, 1.54) is 4.68 Å². The van der Waals surface area contributed by atoms with Crippen LogP contribution in [0.15, 0.2) is 47.3 Å². The Balaban J connectivity index is 1.82. The summed E-state index contributed by atoms with van der Waals surface area (Å²) in [6, 6.07) is 12.4. The third-order valence-electron chi connectivity index (χ3n) is 5.05. The van der Waals surface area contributed by atoms with Crippen molar-refractivity contribution in [3.63, 3.8) is 0 Å². The first-order valence-corrected chi connectivity index (χ1v) is 10.6. The summed E-state index contributed by atoms with van der Waals surface area (Å²) in [5, 5.41) is 9.47. The van der Waals surface area contributed by atoms with Crippen molar-refractivity contribution in [3.8, 4) is 0 Å². The van der Waals surface area contributed by atoms with Crippen molar-refractivity contribution in [2.24, 2.45) is 0 Å². The highest BCUT2D eigenvalue weighted by molar-refractivity contribution is 7.26. The van der Waals surface area contributed by atoms with Crippen LogP contribution in [0.2, 0.25) is 5.02 Å². The average Bonchev–Trinajstić information content (AvgIpc) is 3.09. The number of hydrogen-bond donors (Lipinski definition) is 1. The Labute approximate surface area is 176 Å². The lowest BCUT2D eigenvalue weighted by Crippen LogP contribution is -2.35. The molecule has 2 aromatic carbocycles. The minimum Gasteiger partial charge on any atom is -0.324 e. The zero-order chi connectivity index (χ0) is 20.7. The molecule has 4 aromatic rings. The smallest absolute Gasteiger partial charge is 0.276 e. The van der Waals surface area contributed by atoms with Gasteiger partial charge in [0, 0.05) is 20.8 Å². The molecule has 0 aliphatic heterocycles. The molecule has 0 unspecified atom stereocenters. The summed E-state index contributed by atoms with van der Waals surface area (Å²) in [4.78, 5) is 26.4. The Morgan fingerprint density at radius 3 is 2.76 bits per heavy atom. The number of rotatable bonds is 4. The van der Waals surface area contributed by atoms with Crippen LogP contribution in [-0.4, -0.2) is 15.7 Å². The first-order chi connectivity index (χ1) is 13.9. The summed E-state index contributed by atoms with van der Waals surface area (Å²) in [6.07, 6.45) is 0.436. The van der Waals surface area contributed by atoms with Gasteiger partial charge in [-0.1, -0.05) is 42.8 Å². The predicted octanol–water partition coefficient (Wildman–Crippen LogP) is 5.47. The van der Waals surface area contributed by atoms with Gasteiger partial charge < -0.3 is 5.32 Å². The van der Waals surface area contributed by atoms with Crippen LogP contribution in [0, 0.1) is 13.8 Å². The molecular formula is C22H20ClN3O2S. The fourth-order valence-electron chi connectivity index (χ4n) is 3.51. The summed E-state index contributed by atoms with van der Waals surface area (Å²) < 4.78 is 3.23. The Morgan fingerprint density at radius 1 is 1.24 bits per heavy atom. The summed E-state index contributed by atoms with van der Waals surface area (Å²) in [7, 11) is 0. The quantitative estimate of drug-likeness (QED) is 0.471. The number of amides is 1. The molecule has 0 bridgehead atoms. The van der Waals surface area contributed by atoms with E-state index in [2.05, 4.69) is 10.4 Å². The van der Waals surface area contributed by atoms with E-state index in [-0.39, 0.29) is 11.5 Å². The molecule has 0 radical (unpaired) electrons. The van der Waals surface area contributed by atoms with E-state index in [0.717, 1.165) is 26.0 Å². The van der Waals surface area contributed by atoms with Gasteiger partial charge in [-0.05, 0) is 44.0 Å². The van der Waals surface area contributed by atoms with Crippen molar-refractivity contribution in [2.45, 2.75) is 33.2 Å². The van der Waals surface area contributed by atoms with Crippen molar-refractivity contribution in [3.05, 3.63) is 69.1 Å². The minimum atomic E-state index is -0.720. The Morgan fingerprint density at radius 2 is 2.00 bits per heavy atom. The molecule has 0 saturated carbocycles. The summed E-state index contributed by atoms with van der Waals surface area (Å²) in [5.74, 6) is -0.286. The molecular weight excluding hydrogens is 406 g/mol. The monoisotopic (exact) mass is 425 g/mol. The van der Waals surface area contributed by atoms with Gasteiger partial charge in [-0.3, -0.25) is 9.59 Å². The van der Waals surface area contributed by atoms with E-state index < -0.39 is 6.04 Å². The third-order valence-corrected chi connectivity index (χ3v) is 6.56.